The van der Waals surface area contributed by atoms with E-state index in [1.165, 1.54) is 42.0 Å². The molecule has 1 atom stereocenters. The van der Waals surface area contributed by atoms with Crippen LogP contribution >= 0.6 is 0 Å². The molecule has 0 saturated heterocycles. The highest BCUT2D eigenvalue weighted by Crippen LogP contribution is 2.38. The summed E-state index contributed by atoms with van der Waals surface area (Å²) in [5.41, 5.74) is 1.44. The Kier molecular flexibility index (Phi) is 4.02. The molecule has 2 nitrogen and oxygen atoms in total. The smallest absolute Gasteiger partial charge is 0.0352 e. The molecule has 0 spiro atoms. The highest BCUT2D eigenvalue weighted by Gasteiger charge is 2.27. The summed E-state index contributed by atoms with van der Waals surface area (Å²) in [6.07, 6.45) is 9.29. The molecule has 3 rings (SSSR count). The third-order valence-corrected chi connectivity index (χ3v) is 4.89. The SMILES string of the molecule is CNC(c1cccc2cnccc12)C1CCC(C)CC1. The van der Waals surface area contributed by atoms with Crippen molar-refractivity contribution >= 4 is 10.8 Å². The fraction of sp³-hybridized carbons (Fsp3) is 0.500. The maximum absolute atomic E-state index is 4.24. The van der Waals surface area contributed by atoms with Crippen molar-refractivity contribution in [1.82, 2.24) is 10.3 Å². The predicted octanol–water partition coefficient (Wildman–Crippen LogP) is 4.32. The van der Waals surface area contributed by atoms with E-state index in [4.69, 9.17) is 0 Å². The van der Waals surface area contributed by atoms with Crippen LogP contribution in [0.4, 0.5) is 0 Å². The van der Waals surface area contributed by atoms with E-state index in [0.717, 1.165) is 11.8 Å². The Morgan fingerprint density at radius 1 is 1.15 bits per heavy atom. The summed E-state index contributed by atoms with van der Waals surface area (Å²) < 4.78 is 0. The molecule has 1 aromatic carbocycles. The van der Waals surface area contributed by atoms with Crippen LogP contribution in [0.5, 0.6) is 0 Å². The molecule has 0 bridgehead atoms. The summed E-state index contributed by atoms with van der Waals surface area (Å²) in [7, 11) is 2.10. The van der Waals surface area contributed by atoms with Gasteiger partial charge in [-0.25, -0.2) is 0 Å². The van der Waals surface area contributed by atoms with Crippen LogP contribution in [0.3, 0.4) is 0 Å². The Labute approximate surface area is 121 Å². The number of fused-ring (bicyclic) bond motifs is 1. The molecular formula is C18H24N2. The summed E-state index contributed by atoms with van der Waals surface area (Å²) in [5.74, 6) is 1.66. The van der Waals surface area contributed by atoms with Gasteiger partial charge in [-0.05, 0) is 48.7 Å². The van der Waals surface area contributed by atoms with E-state index in [0.29, 0.717) is 6.04 Å². The second-order valence-corrected chi connectivity index (χ2v) is 6.23. The fourth-order valence-electron chi connectivity index (χ4n) is 3.68. The third-order valence-electron chi connectivity index (χ3n) is 4.89. The van der Waals surface area contributed by atoms with E-state index in [1.54, 1.807) is 0 Å². The standard InChI is InChI=1S/C18H24N2/c1-13-6-8-14(9-7-13)18(19-2)17-5-3-4-15-12-20-11-10-16(15)17/h3-5,10-14,18-19H,6-9H2,1-2H3. The average Bonchev–Trinajstić information content (AvgIpc) is 2.50. The highest BCUT2D eigenvalue weighted by molar-refractivity contribution is 5.85. The molecule has 1 unspecified atom stereocenters. The summed E-state index contributed by atoms with van der Waals surface area (Å²) in [5, 5.41) is 6.17. The fourth-order valence-corrected chi connectivity index (χ4v) is 3.68. The number of hydrogen-bond acceptors (Lipinski definition) is 2. The number of nitrogens with one attached hydrogen (secondary N) is 1. The Hall–Kier alpha value is -1.41. The first-order chi connectivity index (χ1) is 9.79. The molecule has 2 aromatic rings. The van der Waals surface area contributed by atoms with Crippen LogP contribution in [0.25, 0.3) is 10.8 Å². The molecule has 1 heterocycles. The largest absolute Gasteiger partial charge is 0.313 e. The van der Waals surface area contributed by atoms with Gasteiger partial charge in [0.05, 0.1) is 0 Å². The zero-order chi connectivity index (χ0) is 13.9. The van der Waals surface area contributed by atoms with E-state index in [2.05, 4.69) is 48.5 Å². The second-order valence-electron chi connectivity index (χ2n) is 6.23. The Balaban J connectivity index is 1.95. The van der Waals surface area contributed by atoms with Crippen molar-refractivity contribution in [2.45, 2.75) is 38.6 Å². The molecule has 1 fully saturated rings. The van der Waals surface area contributed by atoms with Gasteiger partial charge in [-0.3, -0.25) is 4.98 Å². The minimum absolute atomic E-state index is 0.466. The van der Waals surface area contributed by atoms with Crippen LogP contribution in [-0.2, 0) is 0 Å². The molecular weight excluding hydrogens is 244 g/mol. The first kappa shape index (κ1) is 13.6. The first-order valence-corrected chi connectivity index (χ1v) is 7.79. The maximum Gasteiger partial charge on any atom is 0.0352 e. The van der Waals surface area contributed by atoms with Gasteiger partial charge in [-0.1, -0.05) is 38.0 Å². The van der Waals surface area contributed by atoms with Crippen molar-refractivity contribution in [3.05, 3.63) is 42.2 Å². The molecule has 106 valence electrons. The van der Waals surface area contributed by atoms with E-state index >= 15 is 0 Å². The van der Waals surface area contributed by atoms with Gasteiger partial charge in [0.15, 0.2) is 0 Å². The van der Waals surface area contributed by atoms with Crippen molar-refractivity contribution in [3.63, 3.8) is 0 Å². The summed E-state index contributed by atoms with van der Waals surface area (Å²) in [4.78, 5) is 4.24. The molecule has 1 aliphatic rings. The van der Waals surface area contributed by atoms with Gasteiger partial charge in [-0.2, -0.15) is 0 Å². The Morgan fingerprint density at radius 3 is 2.70 bits per heavy atom. The van der Waals surface area contributed by atoms with E-state index in [-0.39, 0.29) is 0 Å². The summed E-state index contributed by atoms with van der Waals surface area (Å²) in [6.45, 7) is 2.38. The zero-order valence-corrected chi connectivity index (χ0v) is 12.5. The van der Waals surface area contributed by atoms with Crippen LogP contribution in [0, 0.1) is 11.8 Å². The summed E-state index contributed by atoms with van der Waals surface area (Å²) in [6, 6.07) is 9.21. The lowest BCUT2D eigenvalue weighted by molar-refractivity contribution is 0.239. The van der Waals surface area contributed by atoms with Gasteiger partial charge < -0.3 is 5.32 Å². The maximum atomic E-state index is 4.24. The van der Waals surface area contributed by atoms with Crippen LogP contribution in [0.15, 0.2) is 36.7 Å². The predicted molar refractivity (Wildman–Crippen MR) is 84.7 cm³/mol. The van der Waals surface area contributed by atoms with E-state index < -0.39 is 0 Å². The first-order valence-electron chi connectivity index (χ1n) is 7.79. The molecule has 1 N–H and O–H groups in total. The molecule has 1 aromatic heterocycles. The lowest BCUT2D eigenvalue weighted by atomic mass is 9.77. The minimum atomic E-state index is 0.466. The summed E-state index contributed by atoms with van der Waals surface area (Å²) >= 11 is 0. The topological polar surface area (TPSA) is 24.9 Å². The number of aromatic nitrogens is 1. The quantitative estimate of drug-likeness (QED) is 0.896. The molecule has 1 aliphatic carbocycles. The van der Waals surface area contributed by atoms with Gasteiger partial charge in [0.25, 0.3) is 0 Å². The monoisotopic (exact) mass is 268 g/mol. The van der Waals surface area contributed by atoms with Crippen molar-refractivity contribution in [2.75, 3.05) is 7.05 Å². The van der Waals surface area contributed by atoms with Crippen LogP contribution < -0.4 is 5.32 Å². The van der Waals surface area contributed by atoms with Crippen molar-refractivity contribution in [2.24, 2.45) is 11.8 Å². The van der Waals surface area contributed by atoms with Gasteiger partial charge in [0, 0.05) is 23.8 Å². The Bertz CT molecular complexity index is 565. The van der Waals surface area contributed by atoms with Crippen LogP contribution in [0.1, 0.15) is 44.2 Å². The van der Waals surface area contributed by atoms with Gasteiger partial charge in [-0.15, -0.1) is 0 Å². The van der Waals surface area contributed by atoms with Gasteiger partial charge >= 0.3 is 0 Å². The number of pyridine rings is 1. The van der Waals surface area contributed by atoms with Crippen LogP contribution in [0.2, 0.25) is 0 Å². The van der Waals surface area contributed by atoms with Crippen molar-refractivity contribution < 1.29 is 0 Å². The molecule has 0 amide bonds. The Morgan fingerprint density at radius 2 is 1.95 bits per heavy atom. The number of rotatable bonds is 3. The molecule has 0 aliphatic heterocycles. The van der Waals surface area contributed by atoms with Crippen molar-refractivity contribution in [3.8, 4) is 0 Å². The minimum Gasteiger partial charge on any atom is -0.313 e. The molecule has 0 radical (unpaired) electrons. The zero-order valence-electron chi connectivity index (χ0n) is 12.5. The number of nitrogens with zero attached hydrogens (tertiary/aromatic N) is 1. The molecule has 2 heteroatoms. The number of benzene rings is 1. The lowest BCUT2D eigenvalue weighted by Crippen LogP contribution is -2.28. The van der Waals surface area contributed by atoms with Crippen LogP contribution in [-0.4, -0.2) is 12.0 Å². The molecule has 20 heavy (non-hydrogen) atoms. The highest BCUT2D eigenvalue weighted by atomic mass is 14.9. The number of hydrogen-bond donors (Lipinski definition) is 1. The lowest BCUT2D eigenvalue weighted by Gasteiger charge is -2.33. The van der Waals surface area contributed by atoms with E-state index in [9.17, 15) is 0 Å². The van der Waals surface area contributed by atoms with Gasteiger partial charge in [0.1, 0.15) is 0 Å². The van der Waals surface area contributed by atoms with Gasteiger partial charge in [0.2, 0.25) is 0 Å². The van der Waals surface area contributed by atoms with E-state index in [1.807, 2.05) is 12.4 Å². The molecule has 1 saturated carbocycles. The normalized spacial score (nSPS) is 24.7. The second kappa shape index (κ2) is 5.92. The average molecular weight is 268 g/mol. The van der Waals surface area contributed by atoms with Crippen molar-refractivity contribution in [1.29, 1.82) is 0 Å². The third kappa shape index (κ3) is 2.57.